The summed E-state index contributed by atoms with van der Waals surface area (Å²) in [5.74, 6) is -0.111. The molecule has 1 aliphatic carbocycles. The lowest BCUT2D eigenvalue weighted by Gasteiger charge is -2.13. The molecule has 0 amide bonds. The van der Waals surface area contributed by atoms with Crippen molar-refractivity contribution in [3.05, 3.63) is 35.1 Å². The number of hydrogen-bond donors (Lipinski definition) is 1. The molecule has 0 heterocycles. The van der Waals surface area contributed by atoms with E-state index < -0.39 is 0 Å². The van der Waals surface area contributed by atoms with Gasteiger partial charge < -0.3 is 5.32 Å². The predicted molar refractivity (Wildman–Crippen MR) is 61.1 cm³/mol. The first-order chi connectivity index (χ1) is 7.59. The molecule has 0 unspecified atom stereocenters. The summed E-state index contributed by atoms with van der Waals surface area (Å²) in [4.78, 5) is 12.2. The number of carbonyl (C=O) groups is 1. The first-order valence-corrected chi connectivity index (χ1v) is 5.55. The van der Waals surface area contributed by atoms with Crippen LogP contribution in [0.4, 0.5) is 4.39 Å². The Morgan fingerprint density at radius 3 is 2.69 bits per heavy atom. The number of hydrogen-bond acceptors (Lipinski definition) is 2. The molecule has 0 saturated heterocycles. The number of aryl methyl sites for hydroxylation is 1. The van der Waals surface area contributed by atoms with Gasteiger partial charge in [0.15, 0.2) is 5.78 Å². The third-order valence-electron chi connectivity index (χ3n) is 3.27. The molecule has 0 aromatic heterocycles. The SMILES string of the molecule is CNCC1(C(=O)c2ccc(F)c(C)c2)CC1. The molecule has 0 spiro atoms. The van der Waals surface area contributed by atoms with Gasteiger partial charge in [-0.15, -0.1) is 0 Å². The van der Waals surface area contributed by atoms with Crippen LogP contribution in [-0.4, -0.2) is 19.4 Å². The number of rotatable bonds is 4. The Kier molecular flexibility index (Phi) is 2.80. The van der Waals surface area contributed by atoms with Gasteiger partial charge in [-0.3, -0.25) is 4.79 Å². The highest BCUT2D eigenvalue weighted by Gasteiger charge is 2.49. The van der Waals surface area contributed by atoms with Crippen molar-refractivity contribution in [3.63, 3.8) is 0 Å². The van der Waals surface area contributed by atoms with E-state index in [1.165, 1.54) is 6.07 Å². The summed E-state index contributed by atoms with van der Waals surface area (Å²) in [7, 11) is 1.85. The van der Waals surface area contributed by atoms with Crippen LogP contribution in [0.2, 0.25) is 0 Å². The molecule has 1 saturated carbocycles. The molecule has 1 N–H and O–H groups in total. The minimum Gasteiger partial charge on any atom is -0.319 e. The summed E-state index contributed by atoms with van der Waals surface area (Å²) >= 11 is 0. The monoisotopic (exact) mass is 221 g/mol. The van der Waals surface area contributed by atoms with Gasteiger partial charge in [0, 0.05) is 17.5 Å². The van der Waals surface area contributed by atoms with Crippen LogP contribution in [-0.2, 0) is 0 Å². The Morgan fingerprint density at radius 1 is 1.50 bits per heavy atom. The highest BCUT2D eigenvalue weighted by atomic mass is 19.1. The summed E-state index contributed by atoms with van der Waals surface area (Å²) in [5.41, 5.74) is 0.941. The lowest BCUT2D eigenvalue weighted by Crippen LogP contribution is -2.28. The Morgan fingerprint density at radius 2 is 2.19 bits per heavy atom. The van der Waals surface area contributed by atoms with Gasteiger partial charge in [0.05, 0.1) is 0 Å². The molecule has 2 rings (SSSR count). The van der Waals surface area contributed by atoms with Crippen molar-refractivity contribution in [2.24, 2.45) is 5.41 Å². The molecule has 0 atom stereocenters. The van der Waals surface area contributed by atoms with E-state index in [0.717, 1.165) is 12.8 Å². The highest BCUT2D eigenvalue weighted by molar-refractivity contribution is 6.02. The Labute approximate surface area is 94.9 Å². The van der Waals surface area contributed by atoms with Gasteiger partial charge in [-0.2, -0.15) is 0 Å². The zero-order valence-corrected chi connectivity index (χ0v) is 9.64. The van der Waals surface area contributed by atoms with Crippen LogP contribution in [0.25, 0.3) is 0 Å². The fourth-order valence-corrected chi connectivity index (χ4v) is 2.07. The molecule has 86 valence electrons. The topological polar surface area (TPSA) is 29.1 Å². The average Bonchev–Trinajstić information content (AvgIpc) is 3.03. The molecular weight excluding hydrogens is 205 g/mol. The van der Waals surface area contributed by atoms with E-state index in [1.807, 2.05) is 7.05 Å². The quantitative estimate of drug-likeness (QED) is 0.790. The van der Waals surface area contributed by atoms with Gasteiger partial charge in [-0.1, -0.05) is 0 Å². The van der Waals surface area contributed by atoms with Gasteiger partial charge >= 0.3 is 0 Å². The molecule has 0 radical (unpaired) electrons. The van der Waals surface area contributed by atoms with Crippen LogP contribution in [0.1, 0.15) is 28.8 Å². The third-order valence-corrected chi connectivity index (χ3v) is 3.27. The normalized spacial score (nSPS) is 17.2. The van der Waals surface area contributed by atoms with E-state index >= 15 is 0 Å². The second-order valence-electron chi connectivity index (χ2n) is 4.60. The van der Waals surface area contributed by atoms with Gasteiger partial charge in [0.2, 0.25) is 0 Å². The van der Waals surface area contributed by atoms with Crippen molar-refractivity contribution in [2.75, 3.05) is 13.6 Å². The number of carbonyl (C=O) groups excluding carboxylic acids is 1. The van der Waals surface area contributed by atoms with Crippen LogP contribution in [0, 0.1) is 18.2 Å². The summed E-state index contributed by atoms with van der Waals surface area (Å²) in [6.45, 7) is 2.39. The van der Waals surface area contributed by atoms with E-state index in [9.17, 15) is 9.18 Å². The predicted octanol–water partition coefficient (Wildman–Crippen LogP) is 2.32. The summed E-state index contributed by atoms with van der Waals surface area (Å²) in [6.07, 6.45) is 1.87. The average molecular weight is 221 g/mol. The van der Waals surface area contributed by atoms with Crippen molar-refractivity contribution < 1.29 is 9.18 Å². The van der Waals surface area contributed by atoms with Crippen molar-refractivity contribution in [2.45, 2.75) is 19.8 Å². The summed E-state index contributed by atoms with van der Waals surface area (Å²) in [5, 5.41) is 3.05. The first-order valence-electron chi connectivity index (χ1n) is 5.55. The standard InChI is InChI=1S/C13H16FNO/c1-9-7-10(3-4-11(9)14)12(16)13(5-6-13)8-15-2/h3-4,7,15H,5-6,8H2,1-2H3. The van der Waals surface area contributed by atoms with Crippen LogP contribution in [0.5, 0.6) is 0 Å². The lowest BCUT2D eigenvalue weighted by molar-refractivity contribution is 0.0900. The molecule has 3 heteroatoms. The minimum atomic E-state index is -0.255. The number of halogens is 1. The largest absolute Gasteiger partial charge is 0.319 e. The van der Waals surface area contributed by atoms with Crippen LogP contribution in [0.15, 0.2) is 18.2 Å². The molecule has 1 aromatic carbocycles. The maximum absolute atomic E-state index is 13.1. The maximum atomic E-state index is 13.1. The second-order valence-corrected chi connectivity index (χ2v) is 4.60. The number of Topliss-reactive ketones (excluding diaryl/α,β-unsaturated/α-hetero) is 1. The fraction of sp³-hybridized carbons (Fsp3) is 0.462. The van der Waals surface area contributed by atoms with Crippen molar-refractivity contribution >= 4 is 5.78 Å². The Balaban J connectivity index is 2.24. The van der Waals surface area contributed by atoms with Crippen molar-refractivity contribution in [1.29, 1.82) is 0 Å². The Bertz CT molecular complexity index is 424. The van der Waals surface area contributed by atoms with Crippen LogP contribution >= 0.6 is 0 Å². The third kappa shape index (κ3) is 1.87. The zero-order chi connectivity index (χ0) is 11.8. The zero-order valence-electron chi connectivity index (χ0n) is 9.64. The summed E-state index contributed by atoms with van der Waals surface area (Å²) in [6, 6.07) is 4.60. The number of benzene rings is 1. The van der Waals surface area contributed by atoms with Crippen molar-refractivity contribution in [1.82, 2.24) is 5.32 Å². The van der Waals surface area contributed by atoms with E-state index in [0.29, 0.717) is 17.7 Å². The Hall–Kier alpha value is -1.22. The van der Waals surface area contributed by atoms with Crippen LogP contribution < -0.4 is 5.32 Å². The molecular formula is C13H16FNO. The van der Waals surface area contributed by atoms with E-state index in [1.54, 1.807) is 19.1 Å². The van der Waals surface area contributed by atoms with E-state index in [4.69, 9.17) is 0 Å². The minimum absolute atomic E-state index is 0.143. The lowest BCUT2D eigenvalue weighted by atomic mass is 9.93. The van der Waals surface area contributed by atoms with Crippen molar-refractivity contribution in [3.8, 4) is 0 Å². The number of ketones is 1. The molecule has 2 nitrogen and oxygen atoms in total. The van der Waals surface area contributed by atoms with E-state index in [-0.39, 0.29) is 17.0 Å². The van der Waals surface area contributed by atoms with Gasteiger partial charge in [0.1, 0.15) is 5.82 Å². The molecule has 1 aliphatic rings. The molecule has 16 heavy (non-hydrogen) atoms. The second kappa shape index (κ2) is 3.98. The molecule has 1 aromatic rings. The molecule has 0 bridgehead atoms. The first kappa shape index (κ1) is 11.3. The maximum Gasteiger partial charge on any atom is 0.170 e. The van der Waals surface area contributed by atoms with Gasteiger partial charge in [-0.05, 0) is 50.6 Å². The fourth-order valence-electron chi connectivity index (χ4n) is 2.07. The van der Waals surface area contributed by atoms with E-state index in [2.05, 4.69) is 5.32 Å². The molecule has 1 fully saturated rings. The summed E-state index contributed by atoms with van der Waals surface area (Å²) < 4.78 is 13.1. The van der Waals surface area contributed by atoms with Gasteiger partial charge in [0.25, 0.3) is 0 Å². The highest BCUT2D eigenvalue weighted by Crippen LogP contribution is 2.47. The molecule has 0 aliphatic heterocycles. The smallest absolute Gasteiger partial charge is 0.170 e. The van der Waals surface area contributed by atoms with Crippen LogP contribution in [0.3, 0.4) is 0 Å². The van der Waals surface area contributed by atoms with Gasteiger partial charge in [-0.25, -0.2) is 4.39 Å². The number of nitrogens with one attached hydrogen (secondary N) is 1.